The van der Waals surface area contributed by atoms with Gasteiger partial charge in [0.25, 0.3) is 0 Å². The second-order valence-corrected chi connectivity index (χ2v) is 5.38. The first kappa shape index (κ1) is 14.1. The van der Waals surface area contributed by atoms with Crippen LogP contribution in [0.1, 0.15) is 10.5 Å². The van der Waals surface area contributed by atoms with Gasteiger partial charge in [-0.3, -0.25) is 0 Å². The molecule has 0 amide bonds. The van der Waals surface area contributed by atoms with Gasteiger partial charge in [-0.05, 0) is 40.8 Å². The normalized spacial score (nSPS) is 10.3. The number of methoxy groups -OCH3 is 1. The Hall–Kier alpha value is -1.34. The summed E-state index contributed by atoms with van der Waals surface area (Å²) in [6.45, 7) is 0. The second-order valence-electron chi connectivity index (χ2n) is 3.76. The van der Waals surface area contributed by atoms with E-state index in [1.165, 1.54) is 7.11 Å². The van der Waals surface area contributed by atoms with E-state index >= 15 is 0 Å². The number of pyridine rings is 1. The van der Waals surface area contributed by atoms with Gasteiger partial charge in [-0.15, -0.1) is 0 Å². The van der Waals surface area contributed by atoms with Crippen molar-refractivity contribution in [2.24, 2.45) is 0 Å². The molecule has 1 aromatic heterocycles. The highest BCUT2D eigenvalue weighted by Crippen LogP contribution is 2.28. The molecule has 1 heterocycles. The molecular weight excluding hydrogens is 379 g/mol. The highest BCUT2D eigenvalue weighted by molar-refractivity contribution is 14.1. The zero-order valence-corrected chi connectivity index (χ0v) is 12.9. The van der Waals surface area contributed by atoms with Crippen LogP contribution in [0.25, 0.3) is 11.3 Å². The number of hydrogen-bond donors (Lipinski definition) is 1. The Balaban J connectivity index is 2.56. The molecule has 1 aromatic carbocycles. The predicted octanol–water partition coefficient (Wildman–Crippen LogP) is 3.38. The van der Waals surface area contributed by atoms with Crippen LogP contribution in [0, 0.1) is 3.57 Å². The number of nitrogens with two attached hydrogens (primary N) is 1. The average molecular weight is 389 g/mol. The Bertz CT molecular complexity index is 629. The van der Waals surface area contributed by atoms with Crippen molar-refractivity contribution >= 4 is 45.8 Å². The van der Waals surface area contributed by atoms with Crippen molar-refractivity contribution in [3.63, 3.8) is 0 Å². The lowest BCUT2D eigenvalue weighted by atomic mass is 10.1. The summed E-state index contributed by atoms with van der Waals surface area (Å²) < 4.78 is 5.75. The molecular formula is C13H10ClIN2O2. The molecule has 4 nitrogen and oxygen atoms in total. The van der Waals surface area contributed by atoms with E-state index in [-0.39, 0.29) is 10.7 Å². The van der Waals surface area contributed by atoms with Crippen molar-refractivity contribution in [3.05, 3.63) is 44.6 Å². The number of carbonyl (C=O) groups excluding carboxylic acids is 1. The fourth-order valence-corrected chi connectivity index (χ4v) is 2.08. The van der Waals surface area contributed by atoms with Gasteiger partial charge in [0.15, 0.2) is 5.69 Å². The Labute approximate surface area is 129 Å². The van der Waals surface area contributed by atoms with Crippen LogP contribution in [-0.4, -0.2) is 18.1 Å². The number of halogens is 2. The smallest absolute Gasteiger partial charge is 0.358 e. The first-order valence-corrected chi connectivity index (χ1v) is 6.79. The van der Waals surface area contributed by atoms with Crippen molar-refractivity contribution in [1.29, 1.82) is 0 Å². The fraction of sp³-hybridized carbons (Fsp3) is 0.0769. The number of hydrogen-bond acceptors (Lipinski definition) is 4. The molecule has 2 rings (SSSR count). The second kappa shape index (κ2) is 5.75. The first-order chi connectivity index (χ1) is 9.02. The Kier molecular flexibility index (Phi) is 4.26. The molecule has 19 heavy (non-hydrogen) atoms. The van der Waals surface area contributed by atoms with Crippen molar-refractivity contribution < 1.29 is 9.53 Å². The summed E-state index contributed by atoms with van der Waals surface area (Å²) in [6, 6.07) is 9.33. The van der Waals surface area contributed by atoms with Crippen LogP contribution in [-0.2, 0) is 4.74 Å². The Morgan fingerprint density at radius 1 is 1.37 bits per heavy atom. The topological polar surface area (TPSA) is 65.2 Å². The van der Waals surface area contributed by atoms with Gasteiger partial charge in [0, 0.05) is 9.13 Å². The Morgan fingerprint density at radius 3 is 2.58 bits per heavy atom. The number of nitrogen functional groups attached to an aromatic ring is 1. The summed E-state index contributed by atoms with van der Waals surface area (Å²) in [5, 5.41) is 0.112. The summed E-state index contributed by atoms with van der Waals surface area (Å²) in [6.07, 6.45) is 0. The maximum atomic E-state index is 11.6. The lowest BCUT2D eigenvalue weighted by Crippen LogP contribution is -2.08. The summed E-state index contributed by atoms with van der Waals surface area (Å²) in [5.74, 6) is -0.607. The van der Waals surface area contributed by atoms with Gasteiger partial charge < -0.3 is 10.5 Å². The fourth-order valence-electron chi connectivity index (χ4n) is 1.55. The summed E-state index contributed by atoms with van der Waals surface area (Å²) >= 11 is 8.17. The van der Waals surface area contributed by atoms with E-state index < -0.39 is 5.97 Å². The lowest BCUT2D eigenvalue weighted by molar-refractivity contribution is 0.0594. The Morgan fingerprint density at radius 2 is 2.00 bits per heavy atom. The van der Waals surface area contributed by atoms with Crippen LogP contribution in [0.2, 0.25) is 5.02 Å². The van der Waals surface area contributed by atoms with Crippen molar-refractivity contribution in [2.75, 3.05) is 12.8 Å². The molecule has 0 saturated heterocycles. The predicted molar refractivity (Wildman–Crippen MR) is 83.2 cm³/mol. The van der Waals surface area contributed by atoms with Gasteiger partial charge >= 0.3 is 5.97 Å². The van der Waals surface area contributed by atoms with Crippen LogP contribution < -0.4 is 5.73 Å². The van der Waals surface area contributed by atoms with Gasteiger partial charge in [0.2, 0.25) is 0 Å². The van der Waals surface area contributed by atoms with Crippen LogP contribution in [0.3, 0.4) is 0 Å². The van der Waals surface area contributed by atoms with Crippen molar-refractivity contribution in [1.82, 2.24) is 4.98 Å². The number of benzene rings is 1. The molecule has 0 radical (unpaired) electrons. The highest BCUT2D eigenvalue weighted by atomic mass is 127. The third-order valence-electron chi connectivity index (χ3n) is 2.50. The summed E-state index contributed by atoms with van der Waals surface area (Å²) in [4.78, 5) is 15.8. The van der Waals surface area contributed by atoms with Crippen LogP contribution in [0.15, 0.2) is 30.3 Å². The van der Waals surface area contributed by atoms with E-state index in [1.54, 1.807) is 6.07 Å². The third kappa shape index (κ3) is 2.98. The molecule has 0 aliphatic rings. The molecule has 0 aliphatic carbocycles. The van der Waals surface area contributed by atoms with E-state index in [2.05, 4.69) is 32.3 Å². The maximum absolute atomic E-state index is 11.6. The number of ether oxygens (including phenoxy) is 1. The summed E-state index contributed by atoms with van der Waals surface area (Å²) in [5.41, 5.74) is 7.56. The lowest BCUT2D eigenvalue weighted by Gasteiger charge is -2.08. The van der Waals surface area contributed by atoms with E-state index in [0.717, 1.165) is 9.13 Å². The SMILES string of the molecule is COC(=O)c1nc(-c2ccc(I)cc2)cc(N)c1Cl. The molecule has 6 heteroatoms. The highest BCUT2D eigenvalue weighted by Gasteiger charge is 2.17. The first-order valence-electron chi connectivity index (χ1n) is 5.33. The number of anilines is 1. The molecule has 0 bridgehead atoms. The van der Waals surface area contributed by atoms with Gasteiger partial charge in [-0.1, -0.05) is 23.7 Å². The minimum Gasteiger partial charge on any atom is -0.464 e. The van der Waals surface area contributed by atoms with Crippen LogP contribution >= 0.6 is 34.2 Å². The zero-order chi connectivity index (χ0) is 14.0. The molecule has 0 unspecified atom stereocenters. The molecule has 2 N–H and O–H groups in total. The standard InChI is InChI=1S/C13H10ClIN2O2/c1-19-13(18)12-11(14)9(16)6-10(17-12)7-2-4-8(15)5-3-7/h2-6H,1H3,(H2,16,17). The number of esters is 1. The number of rotatable bonds is 2. The number of nitrogens with zero attached hydrogens (tertiary/aromatic N) is 1. The monoisotopic (exact) mass is 388 g/mol. The van der Waals surface area contributed by atoms with Gasteiger partial charge in [0.1, 0.15) is 0 Å². The molecule has 2 aromatic rings. The van der Waals surface area contributed by atoms with Gasteiger partial charge in [0.05, 0.1) is 23.5 Å². The minimum atomic E-state index is -0.607. The van der Waals surface area contributed by atoms with Gasteiger partial charge in [-0.2, -0.15) is 0 Å². The number of aromatic nitrogens is 1. The van der Waals surface area contributed by atoms with E-state index in [9.17, 15) is 4.79 Å². The molecule has 98 valence electrons. The largest absolute Gasteiger partial charge is 0.464 e. The molecule has 0 fully saturated rings. The molecule has 0 spiro atoms. The average Bonchev–Trinajstić information content (AvgIpc) is 2.41. The molecule has 0 atom stereocenters. The molecule has 0 saturated carbocycles. The summed E-state index contributed by atoms with van der Waals surface area (Å²) in [7, 11) is 1.27. The number of carbonyl (C=O) groups is 1. The van der Waals surface area contributed by atoms with Gasteiger partial charge in [-0.25, -0.2) is 9.78 Å². The van der Waals surface area contributed by atoms with Crippen LogP contribution in [0.4, 0.5) is 5.69 Å². The van der Waals surface area contributed by atoms with E-state index in [0.29, 0.717) is 11.4 Å². The van der Waals surface area contributed by atoms with E-state index in [1.807, 2.05) is 24.3 Å². The quantitative estimate of drug-likeness (QED) is 0.633. The van der Waals surface area contributed by atoms with Crippen molar-refractivity contribution in [3.8, 4) is 11.3 Å². The van der Waals surface area contributed by atoms with E-state index in [4.69, 9.17) is 17.3 Å². The van der Waals surface area contributed by atoms with Crippen LogP contribution in [0.5, 0.6) is 0 Å². The maximum Gasteiger partial charge on any atom is 0.358 e. The zero-order valence-electron chi connectivity index (χ0n) is 9.98. The molecule has 0 aliphatic heterocycles. The van der Waals surface area contributed by atoms with Crippen molar-refractivity contribution in [2.45, 2.75) is 0 Å². The minimum absolute atomic E-state index is 0.0257. The third-order valence-corrected chi connectivity index (χ3v) is 3.62.